The van der Waals surface area contributed by atoms with Crippen molar-refractivity contribution in [3.8, 4) is 12.3 Å². The molecule has 0 heterocycles. The third kappa shape index (κ3) is 11.4. The maximum absolute atomic E-state index is 12.2. The molecule has 0 unspecified atom stereocenters. The van der Waals surface area contributed by atoms with Crippen LogP contribution in [0.25, 0.3) is 0 Å². The van der Waals surface area contributed by atoms with Crippen LogP contribution in [0.5, 0.6) is 0 Å². The van der Waals surface area contributed by atoms with Crippen molar-refractivity contribution in [3.63, 3.8) is 0 Å². The maximum Gasteiger partial charge on any atom is 0.408 e. The maximum atomic E-state index is 12.2. The molecule has 1 atom stereocenters. The van der Waals surface area contributed by atoms with E-state index in [1.165, 1.54) is 0 Å². The first kappa shape index (κ1) is 21.8. The first-order valence-electron chi connectivity index (χ1n) is 7.65. The number of alkyl carbamates (subject to hydrolysis) is 1. The molecular weight excluding hydrogens is 314 g/mol. The Morgan fingerprint density at radius 1 is 1.04 bits per heavy atom. The molecule has 0 fully saturated rings. The number of hydrogen-bond donors (Lipinski definition) is 1. The molecule has 0 rings (SSSR count). The van der Waals surface area contributed by atoms with Gasteiger partial charge in [-0.3, -0.25) is 4.79 Å². The second-order valence-corrected chi connectivity index (χ2v) is 7.14. The summed E-state index contributed by atoms with van der Waals surface area (Å²) in [6, 6.07) is -1.03. The van der Waals surface area contributed by atoms with Gasteiger partial charge in [-0.25, -0.2) is 9.59 Å². The molecule has 0 bridgehead atoms. The molecule has 0 aliphatic heterocycles. The van der Waals surface area contributed by atoms with E-state index in [9.17, 15) is 14.4 Å². The number of nitrogens with one attached hydrogen (secondary N) is 1. The van der Waals surface area contributed by atoms with Crippen molar-refractivity contribution in [2.75, 3.05) is 6.61 Å². The SMILES string of the molecule is C#CCOC(=O)CC[C@H](NC(=O)OC(C)(C)C)C(=O)OC(C)(C)C. The van der Waals surface area contributed by atoms with Gasteiger partial charge in [0.25, 0.3) is 0 Å². The van der Waals surface area contributed by atoms with Gasteiger partial charge in [0.05, 0.1) is 0 Å². The standard InChI is InChI=1S/C17H27NO6/c1-8-11-22-13(19)10-9-12(14(20)23-16(2,3)4)18-15(21)24-17(5,6)7/h1,12H,9-11H2,2-7H3,(H,18,21)/t12-/m0/s1. The van der Waals surface area contributed by atoms with Crippen LogP contribution in [0.15, 0.2) is 0 Å². The Bertz CT molecular complexity index is 493. The Hall–Kier alpha value is -2.23. The van der Waals surface area contributed by atoms with E-state index < -0.39 is 35.3 Å². The summed E-state index contributed by atoms with van der Waals surface area (Å²) in [5.41, 5.74) is -1.44. The van der Waals surface area contributed by atoms with Crippen molar-refractivity contribution in [1.82, 2.24) is 5.32 Å². The molecule has 1 amide bonds. The Kier molecular flexibility index (Phi) is 8.31. The van der Waals surface area contributed by atoms with Crippen molar-refractivity contribution in [3.05, 3.63) is 0 Å². The minimum Gasteiger partial charge on any atom is -0.458 e. The molecule has 7 nitrogen and oxygen atoms in total. The first-order valence-corrected chi connectivity index (χ1v) is 7.65. The lowest BCUT2D eigenvalue weighted by molar-refractivity contribution is -0.157. The number of rotatable bonds is 6. The zero-order chi connectivity index (χ0) is 19.0. The summed E-state index contributed by atoms with van der Waals surface area (Å²) in [6.07, 6.45) is 4.15. The monoisotopic (exact) mass is 341 g/mol. The van der Waals surface area contributed by atoms with E-state index in [1.807, 2.05) is 0 Å². The third-order valence-electron chi connectivity index (χ3n) is 2.34. The predicted molar refractivity (Wildman–Crippen MR) is 88.0 cm³/mol. The van der Waals surface area contributed by atoms with E-state index >= 15 is 0 Å². The van der Waals surface area contributed by atoms with Crippen molar-refractivity contribution < 1.29 is 28.6 Å². The van der Waals surface area contributed by atoms with E-state index in [-0.39, 0.29) is 19.4 Å². The van der Waals surface area contributed by atoms with E-state index in [1.54, 1.807) is 41.5 Å². The van der Waals surface area contributed by atoms with Gasteiger partial charge in [-0.15, -0.1) is 6.42 Å². The van der Waals surface area contributed by atoms with Crippen LogP contribution in [-0.4, -0.2) is 41.9 Å². The largest absolute Gasteiger partial charge is 0.458 e. The van der Waals surface area contributed by atoms with Gasteiger partial charge in [-0.05, 0) is 48.0 Å². The average molecular weight is 341 g/mol. The molecular formula is C17H27NO6. The molecule has 0 spiro atoms. The molecule has 0 aliphatic rings. The number of amides is 1. The molecule has 0 saturated carbocycles. The fourth-order valence-electron chi connectivity index (χ4n) is 1.53. The lowest BCUT2D eigenvalue weighted by Crippen LogP contribution is -2.46. The second kappa shape index (κ2) is 9.16. The molecule has 136 valence electrons. The van der Waals surface area contributed by atoms with Crippen LogP contribution in [0.1, 0.15) is 54.4 Å². The van der Waals surface area contributed by atoms with E-state index in [2.05, 4.69) is 11.2 Å². The number of terminal acetylenes is 1. The van der Waals surface area contributed by atoms with Gasteiger partial charge in [0, 0.05) is 6.42 Å². The first-order chi connectivity index (χ1) is 10.8. The van der Waals surface area contributed by atoms with Crippen LogP contribution in [0.4, 0.5) is 4.79 Å². The molecule has 0 aromatic carbocycles. The molecule has 0 aliphatic carbocycles. The van der Waals surface area contributed by atoms with Gasteiger partial charge >= 0.3 is 18.0 Å². The van der Waals surface area contributed by atoms with E-state index in [0.717, 1.165) is 0 Å². The van der Waals surface area contributed by atoms with Gasteiger partial charge < -0.3 is 19.5 Å². The van der Waals surface area contributed by atoms with Crippen LogP contribution < -0.4 is 5.32 Å². The summed E-state index contributed by atoms with van der Waals surface area (Å²) in [4.78, 5) is 35.6. The highest BCUT2D eigenvalue weighted by molar-refractivity contribution is 5.82. The van der Waals surface area contributed by atoms with E-state index in [4.69, 9.17) is 20.6 Å². The Morgan fingerprint density at radius 2 is 1.58 bits per heavy atom. The minimum absolute atomic E-state index is 0.0115. The molecule has 0 aromatic heterocycles. The summed E-state index contributed by atoms with van der Waals surface area (Å²) in [6.45, 7) is 10.1. The Balaban J connectivity index is 4.83. The molecule has 1 N–H and O–H groups in total. The lowest BCUT2D eigenvalue weighted by atomic mass is 10.1. The smallest absolute Gasteiger partial charge is 0.408 e. The fraction of sp³-hybridized carbons (Fsp3) is 0.706. The topological polar surface area (TPSA) is 90.9 Å². The number of carbonyl (C=O) groups is 3. The number of esters is 2. The zero-order valence-electron chi connectivity index (χ0n) is 15.2. The molecule has 0 radical (unpaired) electrons. The van der Waals surface area contributed by atoms with Crippen molar-refractivity contribution in [2.45, 2.75) is 71.6 Å². The normalized spacial score (nSPS) is 12.5. The van der Waals surface area contributed by atoms with Crippen molar-refractivity contribution >= 4 is 18.0 Å². The van der Waals surface area contributed by atoms with Crippen LogP contribution in [0.2, 0.25) is 0 Å². The summed E-state index contributed by atoms with van der Waals surface area (Å²) in [7, 11) is 0. The van der Waals surface area contributed by atoms with Crippen LogP contribution in [0, 0.1) is 12.3 Å². The molecule has 24 heavy (non-hydrogen) atoms. The lowest BCUT2D eigenvalue weighted by Gasteiger charge is -2.26. The Labute approximate surface area is 143 Å². The molecule has 0 aromatic rings. The highest BCUT2D eigenvalue weighted by Gasteiger charge is 2.29. The third-order valence-corrected chi connectivity index (χ3v) is 2.34. The molecule has 7 heteroatoms. The number of ether oxygens (including phenoxy) is 3. The van der Waals surface area contributed by atoms with Crippen molar-refractivity contribution in [1.29, 1.82) is 0 Å². The summed E-state index contributed by atoms with van der Waals surface area (Å²) in [5.74, 6) is 0.957. The molecule has 0 saturated heterocycles. The van der Waals surface area contributed by atoms with Crippen LogP contribution >= 0.6 is 0 Å². The average Bonchev–Trinajstić information content (AvgIpc) is 2.36. The Morgan fingerprint density at radius 3 is 2.04 bits per heavy atom. The summed E-state index contributed by atoms with van der Waals surface area (Å²) < 4.78 is 15.1. The van der Waals surface area contributed by atoms with Gasteiger partial charge in [-0.1, -0.05) is 5.92 Å². The highest BCUT2D eigenvalue weighted by atomic mass is 16.6. The van der Waals surface area contributed by atoms with Gasteiger partial charge in [0.2, 0.25) is 0 Å². The van der Waals surface area contributed by atoms with Crippen LogP contribution in [-0.2, 0) is 23.8 Å². The number of hydrogen-bond acceptors (Lipinski definition) is 6. The van der Waals surface area contributed by atoms with Gasteiger partial charge in [0.15, 0.2) is 6.61 Å². The quantitative estimate of drug-likeness (QED) is 0.452. The minimum atomic E-state index is -1.03. The fourth-order valence-corrected chi connectivity index (χ4v) is 1.53. The van der Waals surface area contributed by atoms with Gasteiger partial charge in [0.1, 0.15) is 17.2 Å². The summed E-state index contributed by atoms with van der Waals surface area (Å²) >= 11 is 0. The van der Waals surface area contributed by atoms with E-state index in [0.29, 0.717) is 0 Å². The van der Waals surface area contributed by atoms with Crippen molar-refractivity contribution in [2.24, 2.45) is 0 Å². The second-order valence-electron chi connectivity index (χ2n) is 7.14. The van der Waals surface area contributed by atoms with Gasteiger partial charge in [-0.2, -0.15) is 0 Å². The van der Waals surface area contributed by atoms with Crippen LogP contribution in [0.3, 0.4) is 0 Å². The zero-order valence-corrected chi connectivity index (χ0v) is 15.2. The summed E-state index contributed by atoms with van der Waals surface area (Å²) in [5, 5.41) is 2.42. The number of carbonyl (C=O) groups excluding carboxylic acids is 3. The predicted octanol–water partition coefficient (Wildman–Crippen LogP) is 2.18. The highest BCUT2D eigenvalue weighted by Crippen LogP contribution is 2.12.